The summed E-state index contributed by atoms with van der Waals surface area (Å²) in [4.78, 5) is 12.6. The Bertz CT molecular complexity index is 980. The van der Waals surface area contributed by atoms with Gasteiger partial charge < -0.3 is 10.4 Å². The zero-order valence-corrected chi connectivity index (χ0v) is 17.0. The quantitative estimate of drug-likeness (QED) is 0.751. The molecule has 0 bridgehead atoms. The molecule has 1 fully saturated rings. The summed E-state index contributed by atoms with van der Waals surface area (Å²) in [6.07, 6.45) is 0.583. The summed E-state index contributed by atoms with van der Waals surface area (Å²) in [5, 5.41) is 12.7. The fourth-order valence-electron chi connectivity index (χ4n) is 3.49. The van der Waals surface area contributed by atoms with Crippen molar-refractivity contribution in [1.29, 1.82) is 0 Å². The molecule has 2 unspecified atom stereocenters. The molecule has 0 saturated carbocycles. The van der Waals surface area contributed by atoms with Gasteiger partial charge in [0.1, 0.15) is 6.67 Å². The number of hydrogen-bond donors (Lipinski definition) is 2. The highest BCUT2D eigenvalue weighted by atomic mass is 32.2. The van der Waals surface area contributed by atoms with Crippen LogP contribution in [-0.2, 0) is 16.7 Å². The molecule has 6 nitrogen and oxygen atoms in total. The van der Waals surface area contributed by atoms with E-state index in [1.54, 1.807) is 18.2 Å². The maximum Gasteiger partial charge on any atom is 0.255 e. The molecule has 1 saturated heterocycles. The van der Waals surface area contributed by atoms with Gasteiger partial charge in [-0.1, -0.05) is 25.1 Å². The number of rotatable bonds is 6. The number of carbonyl (C=O) groups is 1. The average molecular weight is 421 g/mol. The van der Waals surface area contributed by atoms with Gasteiger partial charge in [-0.15, -0.1) is 0 Å². The predicted molar refractivity (Wildman–Crippen MR) is 109 cm³/mol. The number of nitrogens with one attached hydrogen (secondary N) is 1. The minimum absolute atomic E-state index is 0.0360. The molecule has 0 aromatic heterocycles. The SMILES string of the molecule is CCC1CN(S(=O)(=O)c2cccc(C(=O)Nc3cccc(CF)c3)c2)CCC1O. The topological polar surface area (TPSA) is 86.7 Å². The van der Waals surface area contributed by atoms with Crippen LogP contribution in [-0.4, -0.2) is 42.9 Å². The van der Waals surface area contributed by atoms with Crippen molar-refractivity contribution in [3.05, 3.63) is 59.7 Å². The van der Waals surface area contributed by atoms with Gasteiger partial charge in [0.15, 0.2) is 0 Å². The molecule has 2 aromatic carbocycles. The Morgan fingerprint density at radius 2 is 2.00 bits per heavy atom. The largest absolute Gasteiger partial charge is 0.393 e. The highest BCUT2D eigenvalue weighted by molar-refractivity contribution is 7.89. The van der Waals surface area contributed by atoms with Crippen LogP contribution in [0.15, 0.2) is 53.4 Å². The number of amides is 1. The van der Waals surface area contributed by atoms with Gasteiger partial charge in [0.2, 0.25) is 10.0 Å². The fraction of sp³-hybridized carbons (Fsp3) is 0.381. The lowest BCUT2D eigenvalue weighted by molar-refractivity contribution is 0.0521. The lowest BCUT2D eigenvalue weighted by Gasteiger charge is -2.35. The Morgan fingerprint density at radius 1 is 1.24 bits per heavy atom. The first-order valence-corrected chi connectivity index (χ1v) is 11.0. The third-order valence-electron chi connectivity index (χ3n) is 5.25. The molecule has 8 heteroatoms. The Balaban J connectivity index is 1.80. The smallest absolute Gasteiger partial charge is 0.255 e. The molecule has 2 atom stereocenters. The molecule has 2 N–H and O–H groups in total. The number of sulfonamides is 1. The summed E-state index contributed by atoms with van der Waals surface area (Å²) in [6, 6.07) is 12.3. The van der Waals surface area contributed by atoms with E-state index in [4.69, 9.17) is 0 Å². The average Bonchev–Trinajstić information content (AvgIpc) is 2.74. The summed E-state index contributed by atoms with van der Waals surface area (Å²) in [5.41, 5.74) is 1.08. The predicted octanol–water partition coefficient (Wildman–Crippen LogP) is 3.19. The monoisotopic (exact) mass is 420 g/mol. The minimum atomic E-state index is -3.78. The van der Waals surface area contributed by atoms with Crippen LogP contribution in [0.2, 0.25) is 0 Å². The van der Waals surface area contributed by atoms with E-state index in [1.165, 1.54) is 34.6 Å². The van der Waals surface area contributed by atoms with Crippen LogP contribution >= 0.6 is 0 Å². The number of nitrogens with zero attached hydrogens (tertiary/aromatic N) is 1. The van der Waals surface area contributed by atoms with Gasteiger partial charge >= 0.3 is 0 Å². The van der Waals surface area contributed by atoms with E-state index < -0.39 is 28.7 Å². The molecule has 0 spiro atoms. The molecule has 29 heavy (non-hydrogen) atoms. The summed E-state index contributed by atoms with van der Waals surface area (Å²) in [5.74, 6) is -0.577. The Morgan fingerprint density at radius 3 is 2.72 bits per heavy atom. The molecule has 156 valence electrons. The highest BCUT2D eigenvalue weighted by Gasteiger charge is 2.34. The number of hydrogen-bond acceptors (Lipinski definition) is 4. The molecule has 1 heterocycles. The van der Waals surface area contributed by atoms with Crippen molar-refractivity contribution in [1.82, 2.24) is 4.31 Å². The molecule has 2 aromatic rings. The first kappa shape index (κ1) is 21.4. The number of alkyl halides is 1. The Hall–Kier alpha value is -2.29. The van der Waals surface area contributed by atoms with Gasteiger partial charge in [-0.25, -0.2) is 12.8 Å². The highest BCUT2D eigenvalue weighted by Crippen LogP contribution is 2.26. The van der Waals surface area contributed by atoms with Crippen LogP contribution in [0.3, 0.4) is 0 Å². The number of aliphatic hydroxyl groups is 1. The van der Waals surface area contributed by atoms with E-state index in [2.05, 4.69) is 5.32 Å². The third-order valence-corrected chi connectivity index (χ3v) is 7.12. The first-order valence-electron chi connectivity index (χ1n) is 9.59. The summed E-state index contributed by atoms with van der Waals surface area (Å²) in [6.45, 7) is 1.78. The molecular weight excluding hydrogens is 395 g/mol. The number of anilines is 1. The van der Waals surface area contributed by atoms with Gasteiger partial charge in [0, 0.05) is 24.3 Å². The number of benzene rings is 2. The van der Waals surface area contributed by atoms with E-state index in [1.807, 2.05) is 6.92 Å². The fourth-order valence-corrected chi connectivity index (χ4v) is 5.05. The zero-order valence-electron chi connectivity index (χ0n) is 16.2. The first-order chi connectivity index (χ1) is 13.8. The number of aliphatic hydroxyl groups excluding tert-OH is 1. The molecule has 3 rings (SSSR count). The van der Waals surface area contributed by atoms with Crippen LogP contribution in [0.5, 0.6) is 0 Å². The molecule has 1 aliphatic rings. The van der Waals surface area contributed by atoms with Crippen LogP contribution in [0.1, 0.15) is 35.7 Å². The summed E-state index contributed by atoms with van der Waals surface area (Å²) >= 11 is 0. The van der Waals surface area contributed by atoms with E-state index in [0.717, 1.165) is 0 Å². The second-order valence-electron chi connectivity index (χ2n) is 7.20. The van der Waals surface area contributed by atoms with Crippen molar-refractivity contribution in [3.8, 4) is 0 Å². The van der Waals surface area contributed by atoms with Gasteiger partial charge in [0.25, 0.3) is 5.91 Å². The van der Waals surface area contributed by atoms with E-state index in [0.29, 0.717) is 24.1 Å². The second kappa shape index (κ2) is 9.02. The number of carbonyl (C=O) groups excluding carboxylic acids is 1. The molecule has 1 aliphatic heterocycles. The van der Waals surface area contributed by atoms with Crippen molar-refractivity contribution in [2.75, 3.05) is 18.4 Å². The minimum Gasteiger partial charge on any atom is -0.393 e. The van der Waals surface area contributed by atoms with Crippen LogP contribution < -0.4 is 5.32 Å². The standard InChI is InChI=1S/C21H25FN2O4S/c1-2-16-14-24(10-9-20(16)25)29(27,28)19-8-4-6-17(12-19)21(26)23-18-7-3-5-15(11-18)13-22/h3-8,11-12,16,20,25H,2,9-10,13-14H2,1H3,(H,23,26). The molecule has 0 radical (unpaired) electrons. The lowest BCUT2D eigenvalue weighted by Crippen LogP contribution is -2.45. The Kier molecular flexibility index (Phi) is 6.66. The van der Waals surface area contributed by atoms with Crippen molar-refractivity contribution < 1.29 is 22.7 Å². The Labute approximate surface area is 170 Å². The van der Waals surface area contributed by atoms with Crippen LogP contribution in [0, 0.1) is 5.92 Å². The molecule has 1 amide bonds. The summed E-state index contributed by atoms with van der Waals surface area (Å²) in [7, 11) is -3.78. The third kappa shape index (κ3) is 4.83. The molecular formula is C21H25FN2O4S. The zero-order chi connectivity index (χ0) is 21.0. The lowest BCUT2D eigenvalue weighted by atomic mass is 9.94. The van der Waals surface area contributed by atoms with Crippen molar-refractivity contribution in [2.24, 2.45) is 5.92 Å². The van der Waals surface area contributed by atoms with Crippen LogP contribution in [0.4, 0.5) is 10.1 Å². The molecule has 0 aliphatic carbocycles. The van der Waals surface area contributed by atoms with E-state index in [9.17, 15) is 22.7 Å². The van der Waals surface area contributed by atoms with Gasteiger partial charge in [0.05, 0.1) is 11.0 Å². The van der Waals surface area contributed by atoms with Gasteiger partial charge in [-0.2, -0.15) is 4.31 Å². The number of piperidine rings is 1. The maximum absolute atomic E-state index is 13.0. The van der Waals surface area contributed by atoms with Gasteiger partial charge in [-0.05, 0) is 54.7 Å². The summed E-state index contributed by atoms with van der Waals surface area (Å²) < 4.78 is 40.3. The van der Waals surface area contributed by atoms with Gasteiger partial charge in [-0.3, -0.25) is 4.79 Å². The second-order valence-corrected chi connectivity index (χ2v) is 9.14. The van der Waals surface area contributed by atoms with Crippen molar-refractivity contribution >= 4 is 21.6 Å². The van der Waals surface area contributed by atoms with E-state index in [-0.39, 0.29) is 29.5 Å². The van der Waals surface area contributed by atoms with Crippen LogP contribution in [0.25, 0.3) is 0 Å². The number of halogens is 1. The van der Waals surface area contributed by atoms with E-state index >= 15 is 0 Å². The normalized spacial score (nSPS) is 20.4. The van der Waals surface area contributed by atoms with Crippen molar-refractivity contribution in [2.45, 2.75) is 37.4 Å². The van der Waals surface area contributed by atoms with Crippen molar-refractivity contribution in [3.63, 3.8) is 0 Å². The maximum atomic E-state index is 13.0.